The Morgan fingerprint density at radius 2 is 1.68 bits per heavy atom. The lowest BCUT2D eigenvalue weighted by Gasteiger charge is -2.12. The van der Waals surface area contributed by atoms with Gasteiger partial charge in [-0.05, 0) is 92.2 Å². The van der Waals surface area contributed by atoms with Gasteiger partial charge in [-0.25, -0.2) is 0 Å². The van der Waals surface area contributed by atoms with Crippen LogP contribution in [0.2, 0.25) is 0 Å². The van der Waals surface area contributed by atoms with Crippen LogP contribution in [0.15, 0.2) is 70.7 Å². The van der Waals surface area contributed by atoms with Gasteiger partial charge in [-0.15, -0.1) is 0 Å². The van der Waals surface area contributed by atoms with Gasteiger partial charge in [-0.3, -0.25) is 4.79 Å². The van der Waals surface area contributed by atoms with Gasteiger partial charge in [0.15, 0.2) is 5.78 Å². The van der Waals surface area contributed by atoms with Gasteiger partial charge in [0, 0.05) is 22.0 Å². The lowest BCUT2D eigenvalue weighted by molar-refractivity contribution is 0.104. The van der Waals surface area contributed by atoms with Crippen molar-refractivity contribution in [1.82, 2.24) is 0 Å². The highest BCUT2D eigenvalue weighted by atomic mass is 127. The minimum Gasteiger partial charge on any atom is -0.487 e. The average molecular weight is 657 g/mol. The summed E-state index contributed by atoms with van der Waals surface area (Å²) in [5.41, 5.74) is 4.93. The molecular weight excluding hydrogens is 642 g/mol. The molecule has 0 radical (unpaired) electrons. The lowest BCUT2D eigenvalue weighted by Crippen LogP contribution is -2.00. The Hall–Kier alpha value is -1.19. The Labute approximate surface area is 199 Å². The topological polar surface area (TPSA) is 26.3 Å². The van der Waals surface area contributed by atoms with Crippen LogP contribution >= 0.6 is 61.1 Å². The lowest BCUT2D eigenvalue weighted by atomic mass is 10.1. The van der Waals surface area contributed by atoms with E-state index in [1.54, 1.807) is 0 Å². The van der Waals surface area contributed by atoms with Crippen LogP contribution in [0.3, 0.4) is 0 Å². The second-order valence-electron chi connectivity index (χ2n) is 6.56. The highest BCUT2D eigenvalue weighted by molar-refractivity contribution is 14.1. The number of ether oxygens (including phenoxy) is 1. The molecule has 1 aliphatic rings. The first-order valence-corrected chi connectivity index (χ1v) is 11.7. The summed E-state index contributed by atoms with van der Waals surface area (Å²) in [6, 6.07) is 20.1. The number of hydrogen-bond acceptors (Lipinski definition) is 2. The standard InChI is InChI=1S/C23H15BrI2O2/c24-18-7-5-14(6-8-18)13-28-23-20(25)10-15(11-21(23)26)9-17-12-16-3-1-2-4-19(16)22(17)27/h1-11H,12-13H2/b17-9+. The monoisotopic (exact) mass is 656 g/mol. The zero-order valence-corrected chi connectivity index (χ0v) is 20.6. The van der Waals surface area contributed by atoms with Crippen molar-refractivity contribution in [3.8, 4) is 5.75 Å². The van der Waals surface area contributed by atoms with Crippen molar-refractivity contribution in [2.24, 2.45) is 0 Å². The summed E-state index contributed by atoms with van der Waals surface area (Å²) in [6.45, 7) is 0.521. The van der Waals surface area contributed by atoms with Gasteiger partial charge >= 0.3 is 0 Å². The fourth-order valence-electron chi connectivity index (χ4n) is 3.21. The summed E-state index contributed by atoms with van der Waals surface area (Å²) in [7, 11) is 0. The maximum absolute atomic E-state index is 12.6. The molecule has 0 aliphatic heterocycles. The van der Waals surface area contributed by atoms with Gasteiger partial charge in [0.05, 0.1) is 7.14 Å². The van der Waals surface area contributed by atoms with Crippen molar-refractivity contribution in [3.63, 3.8) is 0 Å². The van der Waals surface area contributed by atoms with Crippen LogP contribution in [-0.4, -0.2) is 5.78 Å². The molecule has 0 spiro atoms. The van der Waals surface area contributed by atoms with Gasteiger partial charge in [-0.2, -0.15) is 0 Å². The minimum absolute atomic E-state index is 0.135. The maximum Gasteiger partial charge on any atom is 0.189 e. The molecule has 0 saturated heterocycles. The van der Waals surface area contributed by atoms with E-state index in [-0.39, 0.29) is 5.78 Å². The summed E-state index contributed by atoms with van der Waals surface area (Å²) in [6.07, 6.45) is 2.70. The number of hydrogen-bond donors (Lipinski definition) is 0. The van der Waals surface area contributed by atoms with Gasteiger partial charge in [-0.1, -0.05) is 52.3 Å². The van der Waals surface area contributed by atoms with Gasteiger partial charge in [0.1, 0.15) is 12.4 Å². The molecule has 0 atom stereocenters. The molecule has 28 heavy (non-hydrogen) atoms. The van der Waals surface area contributed by atoms with Crippen molar-refractivity contribution in [3.05, 3.63) is 100 Å². The molecule has 0 heterocycles. The summed E-state index contributed by atoms with van der Waals surface area (Å²) < 4.78 is 9.21. The molecule has 0 N–H and O–H groups in total. The van der Waals surface area contributed by atoms with Crippen LogP contribution in [0.25, 0.3) is 6.08 Å². The molecule has 2 nitrogen and oxygen atoms in total. The van der Waals surface area contributed by atoms with Gasteiger partial charge in [0.2, 0.25) is 0 Å². The van der Waals surface area contributed by atoms with Gasteiger partial charge in [0.25, 0.3) is 0 Å². The highest BCUT2D eigenvalue weighted by Gasteiger charge is 2.24. The van der Waals surface area contributed by atoms with E-state index >= 15 is 0 Å². The summed E-state index contributed by atoms with van der Waals surface area (Å²) in [5.74, 6) is 1.02. The summed E-state index contributed by atoms with van der Waals surface area (Å²) >= 11 is 8.05. The Bertz CT molecular complexity index is 1070. The molecule has 0 bridgehead atoms. The molecule has 3 aromatic carbocycles. The van der Waals surface area contributed by atoms with E-state index in [2.05, 4.69) is 73.2 Å². The van der Waals surface area contributed by atoms with Crippen LogP contribution in [0.4, 0.5) is 0 Å². The number of Topliss-reactive ketones (excluding diaryl/α,β-unsaturated/α-hetero) is 1. The Morgan fingerprint density at radius 1 is 1.00 bits per heavy atom. The number of carbonyl (C=O) groups excluding carboxylic acids is 1. The van der Waals surface area contributed by atoms with Crippen molar-refractivity contribution in [2.75, 3.05) is 0 Å². The Kier molecular flexibility index (Phi) is 6.22. The molecule has 3 aromatic rings. The quantitative estimate of drug-likeness (QED) is 0.222. The van der Waals surface area contributed by atoms with Crippen LogP contribution in [0.5, 0.6) is 5.75 Å². The normalized spacial score (nSPS) is 14.4. The first kappa shape index (κ1) is 20.1. The average Bonchev–Trinajstić information content (AvgIpc) is 2.98. The van der Waals surface area contributed by atoms with E-state index in [9.17, 15) is 4.79 Å². The number of fused-ring (bicyclic) bond motifs is 1. The van der Waals surface area contributed by atoms with E-state index < -0.39 is 0 Å². The third kappa shape index (κ3) is 4.36. The number of rotatable bonds is 4. The molecule has 0 unspecified atom stereocenters. The molecule has 1 aliphatic carbocycles. The molecule has 5 heteroatoms. The van der Waals surface area contributed by atoms with E-state index in [0.29, 0.717) is 13.0 Å². The third-order valence-electron chi connectivity index (χ3n) is 4.59. The zero-order chi connectivity index (χ0) is 19.7. The van der Waals surface area contributed by atoms with E-state index in [1.165, 1.54) is 0 Å². The molecule has 0 aromatic heterocycles. The SMILES string of the molecule is O=C1/C(=C/c2cc(I)c(OCc3ccc(Br)cc3)c(I)c2)Cc2ccccc21. The number of ketones is 1. The Morgan fingerprint density at radius 3 is 2.36 bits per heavy atom. The van der Waals surface area contributed by atoms with Gasteiger partial charge < -0.3 is 4.74 Å². The van der Waals surface area contributed by atoms with Crippen molar-refractivity contribution in [2.45, 2.75) is 13.0 Å². The van der Waals surface area contributed by atoms with Crippen LogP contribution in [0, 0.1) is 7.14 Å². The molecule has 0 fully saturated rings. The predicted octanol–water partition coefficient (Wildman–Crippen LogP) is 7.06. The van der Waals surface area contributed by atoms with Crippen LogP contribution in [-0.2, 0) is 13.0 Å². The van der Waals surface area contributed by atoms with E-state index in [1.807, 2.05) is 54.6 Å². The molecule has 0 saturated carbocycles. The van der Waals surface area contributed by atoms with Crippen molar-refractivity contribution < 1.29 is 9.53 Å². The molecular formula is C23H15BrI2O2. The molecule has 4 rings (SSSR count). The third-order valence-corrected chi connectivity index (χ3v) is 6.72. The van der Waals surface area contributed by atoms with Crippen molar-refractivity contribution in [1.29, 1.82) is 0 Å². The van der Waals surface area contributed by atoms with E-state index in [0.717, 1.165) is 45.2 Å². The number of halogens is 3. The second kappa shape index (κ2) is 8.67. The zero-order valence-electron chi connectivity index (χ0n) is 14.7. The number of carbonyl (C=O) groups is 1. The van der Waals surface area contributed by atoms with E-state index in [4.69, 9.17) is 4.74 Å². The predicted molar refractivity (Wildman–Crippen MR) is 133 cm³/mol. The minimum atomic E-state index is 0.135. The summed E-state index contributed by atoms with van der Waals surface area (Å²) in [4.78, 5) is 12.6. The second-order valence-corrected chi connectivity index (χ2v) is 9.80. The van der Waals surface area contributed by atoms with Crippen LogP contribution < -0.4 is 4.74 Å². The fourth-order valence-corrected chi connectivity index (χ4v) is 5.60. The highest BCUT2D eigenvalue weighted by Crippen LogP contribution is 2.32. The fraction of sp³-hybridized carbons (Fsp3) is 0.0870. The first-order valence-electron chi connectivity index (χ1n) is 8.71. The van der Waals surface area contributed by atoms with Crippen molar-refractivity contribution >= 4 is 73.0 Å². The molecule has 0 amide bonds. The van der Waals surface area contributed by atoms with Crippen LogP contribution in [0.1, 0.15) is 27.0 Å². The number of benzene rings is 3. The maximum atomic E-state index is 12.6. The smallest absolute Gasteiger partial charge is 0.189 e. The largest absolute Gasteiger partial charge is 0.487 e. The number of allylic oxidation sites excluding steroid dienone is 1. The first-order chi connectivity index (χ1) is 13.5. The molecule has 140 valence electrons. The Balaban J connectivity index is 1.55. The summed E-state index contributed by atoms with van der Waals surface area (Å²) in [5, 5.41) is 0.